The minimum Gasteiger partial charge on any atom is -0.353 e. The summed E-state index contributed by atoms with van der Waals surface area (Å²) in [6.07, 6.45) is 4.92. The van der Waals surface area contributed by atoms with Crippen molar-refractivity contribution in [2.24, 2.45) is 23.2 Å². The molecule has 2 saturated carbocycles. The molecule has 3 heteroatoms. The van der Waals surface area contributed by atoms with Gasteiger partial charge in [-0.15, -0.1) is 0 Å². The van der Waals surface area contributed by atoms with Gasteiger partial charge in [-0.3, -0.25) is 4.79 Å². The Morgan fingerprint density at radius 1 is 1.33 bits per heavy atom. The van der Waals surface area contributed by atoms with Gasteiger partial charge in [-0.05, 0) is 64.7 Å². The summed E-state index contributed by atoms with van der Waals surface area (Å²) in [5, 5.41) is 0. The monoisotopic (exact) mass is 334 g/mol. The first-order chi connectivity index (χ1) is 11.2. The van der Waals surface area contributed by atoms with E-state index < -0.39 is 5.60 Å². The summed E-state index contributed by atoms with van der Waals surface area (Å²) in [5.41, 5.74) is -0.378. The highest BCUT2D eigenvalue weighted by Crippen LogP contribution is 2.56. The van der Waals surface area contributed by atoms with E-state index in [1.807, 2.05) is 27.7 Å². The Hall–Kier alpha value is -0.850. The lowest BCUT2D eigenvalue weighted by atomic mass is 9.62. The summed E-state index contributed by atoms with van der Waals surface area (Å²) >= 11 is 0. The third-order valence-electron chi connectivity index (χ3n) is 6.00. The largest absolute Gasteiger partial charge is 0.353 e. The van der Waals surface area contributed by atoms with E-state index in [1.54, 1.807) is 0 Å². The van der Waals surface area contributed by atoms with E-state index in [-0.39, 0.29) is 23.5 Å². The number of ether oxygens (including phenoxy) is 2. The molecule has 5 atom stereocenters. The van der Waals surface area contributed by atoms with Gasteiger partial charge in [0.25, 0.3) is 0 Å². The second-order valence-corrected chi connectivity index (χ2v) is 8.27. The molecule has 0 heterocycles. The first-order valence-corrected chi connectivity index (χ1v) is 9.54. The lowest BCUT2D eigenvalue weighted by molar-refractivity contribution is -0.169. The van der Waals surface area contributed by atoms with E-state index in [1.165, 1.54) is 6.42 Å². The predicted octanol–water partition coefficient (Wildman–Crippen LogP) is 4.59. The van der Waals surface area contributed by atoms with Gasteiger partial charge in [0.05, 0.1) is 0 Å². The fraction of sp³-hybridized carbons (Fsp3) is 0.857. The summed E-state index contributed by atoms with van der Waals surface area (Å²) in [7, 11) is 0. The van der Waals surface area contributed by atoms with Crippen LogP contribution in [0.1, 0.15) is 73.6 Å². The minimum atomic E-state index is -0.524. The molecule has 0 aromatic heterocycles. The van der Waals surface area contributed by atoms with Crippen molar-refractivity contribution in [3.63, 3.8) is 0 Å². The third-order valence-corrected chi connectivity index (χ3v) is 6.00. The predicted molar refractivity (Wildman–Crippen MR) is 96.4 cm³/mol. The Morgan fingerprint density at radius 3 is 2.71 bits per heavy atom. The van der Waals surface area contributed by atoms with Crippen molar-refractivity contribution >= 4 is 5.78 Å². The van der Waals surface area contributed by atoms with Gasteiger partial charge < -0.3 is 9.47 Å². The van der Waals surface area contributed by atoms with Crippen molar-refractivity contribution in [1.29, 1.82) is 0 Å². The molecule has 0 aromatic carbocycles. The Kier molecular flexibility index (Phi) is 6.15. The summed E-state index contributed by atoms with van der Waals surface area (Å²) < 4.78 is 11.3. The molecule has 0 saturated heterocycles. The number of fused-ring (bicyclic) bond motifs is 1. The van der Waals surface area contributed by atoms with Crippen molar-refractivity contribution < 1.29 is 14.3 Å². The zero-order valence-electron chi connectivity index (χ0n) is 16.3. The van der Waals surface area contributed by atoms with Crippen LogP contribution in [-0.4, -0.2) is 24.3 Å². The Morgan fingerprint density at radius 2 is 2.04 bits per heavy atom. The van der Waals surface area contributed by atoms with Crippen LogP contribution in [0.5, 0.6) is 0 Å². The van der Waals surface area contributed by atoms with Crippen LogP contribution < -0.4 is 0 Å². The highest BCUT2D eigenvalue weighted by atomic mass is 16.7. The summed E-state index contributed by atoms with van der Waals surface area (Å²) in [5.74, 6) is 8.31. The quantitative estimate of drug-likeness (QED) is 0.545. The van der Waals surface area contributed by atoms with E-state index >= 15 is 0 Å². The number of rotatable bonds is 5. The van der Waals surface area contributed by atoms with Crippen LogP contribution >= 0.6 is 0 Å². The molecule has 24 heavy (non-hydrogen) atoms. The van der Waals surface area contributed by atoms with Gasteiger partial charge in [0.2, 0.25) is 0 Å². The van der Waals surface area contributed by atoms with Crippen molar-refractivity contribution in [3.8, 4) is 11.8 Å². The van der Waals surface area contributed by atoms with Gasteiger partial charge in [0, 0.05) is 24.9 Å². The normalized spacial score (nSPS) is 32.7. The van der Waals surface area contributed by atoms with Gasteiger partial charge in [-0.2, -0.15) is 0 Å². The molecule has 3 nitrogen and oxygen atoms in total. The Bertz CT molecular complexity index is 513. The number of Topliss-reactive ketones (excluding diaryl/α,β-unsaturated/α-hetero) is 1. The molecule has 2 rings (SSSR count). The Labute approximate surface area is 147 Å². The van der Waals surface area contributed by atoms with Crippen LogP contribution in [-0.2, 0) is 14.3 Å². The molecule has 2 aliphatic rings. The smallest absolute Gasteiger partial charge is 0.156 e. The Balaban J connectivity index is 2.05. The SMILES string of the molecule is CCOC(C)OC(C)(C)C#C[C@@H](C)C1CCC2C(=O)CCCC21C. The number of carbonyl (C=O) groups excluding carboxylic acids is 1. The van der Waals surface area contributed by atoms with Gasteiger partial charge >= 0.3 is 0 Å². The molecule has 0 spiro atoms. The standard InChI is InChI=1S/C21H34O3/c1-7-23-16(3)24-20(4,5)14-12-15(2)17-10-11-18-19(22)9-8-13-21(17,18)6/h15-18H,7-11,13H2,1-6H3/t15-,16?,17?,18?,21?/m1/s1. The zero-order valence-corrected chi connectivity index (χ0v) is 16.3. The van der Waals surface area contributed by atoms with Crippen LogP contribution in [0.3, 0.4) is 0 Å². The molecule has 0 aliphatic heterocycles. The van der Waals surface area contributed by atoms with Crippen LogP contribution in [0.4, 0.5) is 0 Å². The molecule has 2 aliphatic carbocycles. The molecule has 4 unspecified atom stereocenters. The number of ketones is 1. The average Bonchev–Trinajstić information content (AvgIpc) is 2.83. The lowest BCUT2D eigenvalue weighted by Gasteiger charge is -2.41. The van der Waals surface area contributed by atoms with Crippen molar-refractivity contribution in [3.05, 3.63) is 0 Å². The molecule has 0 aromatic rings. The maximum atomic E-state index is 12.3. The first-order valence-electron chi connectivity index (χ1n) is 9.54. The molecule has 2 fully saturated rings. The van der Waals surface area contributed by atoms with E-state index in [9.17, 15) is 4.79 Å². The maximum absolute atomic E-state index is 12.3. The number of carbonyl (C=O) groups is 1. The third kappa shape index (κ3) is 4.21. The molecule has 0 amide bonds. The average molecular weight is 335 g/mol. The van der Waals surface area contributed by atoms with Crippen LogP contribution in [0, 0.1) is 35.0 Å². The summed E-state index contributed by atoms with van der Waals surface area (Å²) in [6.45, 7) is 13.0. The molecule has 0 bridgehead atoms. The minimum absolute atomic E-state index is 0.146. The molecular formula is C21H34O3. The number of hydrogen-bond acceptors (Lipinski definition) is 3. The van der Waals surface area contributed by atoms with E-state index in [4.69, 9.17) is 9.47 Å². The highest BCUT2D eigenvalue weighted by Gasteiger charge is 2.52. The van der Waals surface area contributed by atoms with Gasteiger partial charge in [-0.1, -0.05) is 25.7 Å². The van der Waals surface area contributed by atoms with Crippen molar-refractivity contribution in [1.82, 2.24) is 0 Å². The van der Waals surface area contributed by atoms with Crippen LogP contribution in [0.2, 0.25) is 0 Å². The van der Waals surface area contributed by atoms with Crippen LogP contribution in [0.15, 0.2) is 0 Å². The lowest BCUT2D eigenvalue weighted by Crippen LogP contribution is -2.39. The first kappa shape index (κ1) is 19.5. The van der Waals surface area contributed by atoms with Gasteiger partial charge in [0.1, 0.15) is 11.4 Å². The zero-order chi connectivity index (χ0) is 18.0. The second kappa shape index (κ2) is 7.58. The summed E-state index contributed by atoms with van der Waals surface area (Å²) in [4.78, 5) is 12.3. The van der Waals surface area contributed by atoms with Crippen molar-refractivity contribution in [2.75, 3.05) is 6.61 Å². The van der Waals surface area contributed by atoms with E-state index in [2.05, 4.69) is 25.7 Å². The van der Waals surface area contributed by atoms with Gasteiger partial charge in [-0.25, -0.2) is 0 Å². The van der Waals surface area contributed by atoms with E-state index in [0.717, 1.165) is 25.7 Å². The fourth-order valence-corrected chi connectivity index (χ4v) is 4.89. The summed E-state index contributed by atoms with van der Waals surface area (Å²) in [6, 6.07) is 0. The maximum Gasteiger partial charge on any atom is 0.156 e. The molecule has 136 valence electrons. The fourth-order valence-electron chi connectivity index (χ4n) is 4.89. The molecule has 0 N–H and O–H groups in total. The molecule has 0 radical (unpaired) electrons. The van der Waals surface area contributed by atoms with Crippen molar-refractivity contribution in [2.45, 2.75) is 85.5 Å². The topological polar surface area (TPSA) is 35.5 Å². The van der Waals surface area contributed by atoms with Crippen LogP contribution in [0.25, 0.3) is 0 Å². The highest BCUT2D eigenvalue weighted by molar-refractivity contribution is 5.83. The van der Waals surface area contributed by atoms with E-state index in [0.29, 0.717) is 18.3 Å². The second-order valence-electron chi connectivity index (χ2n) is 8.27. The van der Waals surface area contributed by atoms with Gasteiger partial charge in [0.15, 0.2) is 6.29 Å². The molecular weight excluding hydrogens is 300 g/mol. The number of hydrogen-bond donors (Lipinski definition) is 0.